The van der Waals surface area contributed by atoms with E-state index in [0.29, 0.717) is 11.4 Å². The monoisotopic (exact) mass is 331 g/mol. The highest BCUT2D eigenvalue weighted by Crippen LogP contribution is 2.37. The molecule has 5 heteroatoms. The van der Waals surface area contributed by atoms with E-state index in [1.54, 1.807) is 18.2 Å². The largest absolute Gasteiger partial charge is 0.337 e. The highest BCUT2D eigenvalue weighted by molar-refractivity contribution is 6.28. The van der Waals surface area contributed by atoms with Gasteiger partial charge in [0.25, 0.3) is 11.8 Å². The zero-order valence-electron chi connectivity index (χ0n) is 15.1. The number of anilines is 1. The number of benzene rings is 1. The predicted molar refractivity (Wildman–Crippen MR) is 92.8 cm³/mol. The molecule has 130 valence electrons. The van der Waals surface area contributed by atoms with Gasteiger partial charge in [0.2, 0.25) is 0 Å². The normalized spacial score (nSPS) is 15.1. The van der Waals surface area contributed by atoms with Crippen LogP contribution in [0.15, 0.2) is 30.4 Å². The third kappa shape index (κ3) is 3.51. The Labute approximate surface area is 143 Å². The fourth-order valence-electron chi connectivity index (χ4n) is 2.27. The van der Waals surface area contributed by atoms with Gasteiger partial charge in [0.05, 0.1) is 5.69 Å². The number of amides is 2. The topological polar surface area (TPSA) is 55.8 Å². The van der Waals surface area contributed by atoms with Crippen LogP contribution < -0.4 is 9.79 Å². The molecule has 0 radical (unpaired) electrons. The van der Waals surface area contributed by atoms with E-state index in [1.165, 1.54) is 12.2 Å². The Bertz CT molecular complexity index is 656. The van der Waals surface area contributed by atoms with Crippen LogP contribution in [0.5, 0.6) is 5.75 Å². The van der Waals surface area contributed by atoms with Gasteiger partial charge in [0.1, 0.15) is 5.60 Å². The molecule has 1 heterocycles. The molecule has 0 bridgehead atoms. The van der Waals surface area contributed by atoms with Crippen molar-refractivity contribution in [2.24, 2.45) is 5.92 Å². The highest BCUT2D eigenvalue weighted by atomic mass is 17.2. The summed E-state index contributed by atoms with van der Waals surface area (Å²) in [5, 5.41) is 0. The molecular weight excluding hydrogens is 306 g/mol. The smallest absolute Gasteiger partial charge is 0.258 e. The lowest BCUT2D eigenvalue weighted by Crippen LogP contribution is -2.33. The van der Waals surface area contributed by atoms with Crippen molar-refractivity contribution < 1.29 is 19.4 Å². The fourth-order valence-corrected chi connectivity index (χ4v) is 2.27. The molecular formula is C19H25NO4. The lowest BCUT2D eigenvalue weighted by molar-refractivity contribution is -0.293. The number of hydrogen-bond acceptors (Lipinski definition) is 4. The quantitative estimate of drug-likeness (QED) is 0.449. The second kappa shape index (κ2) is 6.77. The zero-order chi connectivity index (χ0) is 18.1. The maximum Gasteiger partial charge on any atom is 0.258 e. The average Bonchev–Trinajstić information content (AvgIpc) is 2.83. The van der Waals surface area contributed by atoms with Crippen LogP contribution in [0.2, 0.25) is 0 Å². The first-order valence-electron chi connectivity index (χ1n) is 8.20. The minimum Gasteiger partial charge on any atom is -0.337 e. The van der Waals surface area contributed by atoms with Gasteiger partial charge in [-0.1, -0.05) is 33.8 Å². The maximum atomic E-state index is 12.0. The first-order chi connectivity index (χ1) is 11.1. The van der Waals surface area contributed by atoms with Crippen LogP contribution in [0.3, 0.4) is 0 Å². The Kier molecular flexibility index (Phi) is 5.13. The summed E-state index contributed by atoms with van der Waals surface area (Å²) in [6, 6.07) is 5.29. The number of carbonyl (C=O) groups is 2. The van der Waals surface area contributed by atoms with Gasteiger partial charge in [-0.05, 0) is 37.8 Å². The molecule has 0 aromatic heterocycles. The average molecular weight is 331 g/mol. The molecule has 2 amide bonds. The standard InChI is InChI=1S/C19H25NO4/c1-12(2)18-14(20-16(21)10-11-17(20)22)8-7-9-15(18)23-24-19(5,6)13(3)4/h7-13H,1-6H3. The molecule has 1 aromatic carbocycles. The number of imide groups is 1. The fraction of sp³-hybridized carbons (Fsp3) is 0.474. The van der Waals surface area contributed by atoms with E-state index >= 15 is 0 Å². The van der Waals surface area contributed by atoms with Crippen LogP contribution in [0.25, 0.3) is 0 Å². The van der Waals surface area contributed by atoms with Gasteiger partial charge in [0.15, 0.2) is 5.75 Å². The van der Waals surface area contributed by atoms with Crippen LogP contribution in [-0.4, -0.2) is 17.4 Å². The molecule has 2 rings (SSSR count). The van der Waals surface area contributed by atoms with Crippen molar-refractivity contribution in [2.75, 3.05) is 4.90 Å². The first kappa shape index (κ1) is 18.2. The van der Waals surface area contributed by atoms with Crippen LogP contribution in [-0.2, 0) is 14.5 Å². The van der Waals surface area contributed by atoms with Crippen molar-refractivity contribution in [3.63, 3.8) is 0 Å². The summed E-state index contributed by atoms with van der Waals surface area (Å²) in [5.41, 5.74) is 0.835. The highest BCUT2D eigenvalue weighted by Gasteiger charge is 2.31. The maximum absolute atomic E-state index is 12.0. The van der Waals surface area contributed by atoms with Gasteiger partial charge in [-0.2, -0.15) is 4.89 Å². The second-order valence-corrected chi connectivity index (χ2v) is 7.11. The molecule has 0 N–H and O–H groups in total. The van der Waals surface area contributed by atoms with E-state index in [1.807, 2.05) is 27.7 Å². The lowest BCUT2D eigenvalue weighted by Gasteiger charge is -2.29. The lowest BCUT2D eigenvalue weighted by atomic mass is 9.95. The van der Waals surface area contributed by atoms with Crippen molar-refractivity contribution >= 4 is 17.5 Å². The van der Waals surface area contributed by atoms with Gasteiger partial charge < -0.3 is 4.89 Å². The number of nitrogens with zero attached hydrogens (tertiary/aromatic N) is 1. The summed E-state index contributed by atoms with van der Waals surface area (Å²) in [7, 11) is 0. The first-order valence-corrected chi connectivity index (χ1v) is 8.20. The van der Waals surface area contributed by atoms with Crippen LogP contribution in [0, 0.1) is 5.92 Å². The molecule has 0 unspecified atom stereocenters. The molecule has 5 nitrogen and oxygen atoms in total. The summed E-state index contributed by atoms with van der Waals surface area (Å²) in [4.78, 5) is 36.5. The number of hydrogen-bond donors (Lipinski definition) is 0. The van der Waals surface area contributed by atoms with Gasteiger partial charge >= 0.3 is 0 Å². The van der Waals surface area contributed by atoms with Crippen molar-refractivity contribution in [1.29, 1.82) is 0 Å². The Balaban J connectivity index is 2.38. The van der Waals surface area contributed by atoms with Crippen LogP contribution in [0.1, 0.15) is 53.0 Å². The van der Waals surface area contributed by atoms with E-state index in [4.69, 9.17) is 9.78 Å². The molecule has 24 heavy (non-hydrogen) atoms. The van der Waals surface area contributed by atoms with E-state index in [-0.39, 0.29) is 23.7 Å². The van der Waals surface area contributed by atoms with Gasteiger partial charge in [0, 0.05) is 17.7 Å². The van der Waals surface area contributed by atoms with Crippen molar-refractivity contribution in [1.82, 2.24) is 0 Å². The zero-order valence-corrected chi connectivity index (χ0v) is 15.1. The molecule has 1 aromatic rings. The predicted octanol–water partition coefficient (Wildman–Crippen LogP) is 3.98. The SMILES string of the molecule is CC(C)c1c(OOC(C)(C)C(C)C)cccc1N1C(=O)C=CC1=O. The van der Waals surface area contributed by atoms with Crippen LogP contribution in [0.4, 0.5) is 5.69 Å². The minimum atomic E-state index is -0.467. The summed E-state index contributed by atoms with van der Waals surface area (Å²) in [6.07, 6.45) is 2.55. The molecule has 0 saturated heterocycles. The summed E-state index contributed by atoms with van der Waals surface area (Å²) in [6.45, 7) is 12.0. The molecule has 0 aliphatic carbocycles. The molecule has 1 aliphatic heterocycles. The summed E-state index contributed by atoms with van der Waals surface area (Å²) in [5.74, 6) is 0.131. The molecule has 0 atom stereocenters. The molecule has 0 spiro atoms. The minimum absolute atomic E-state index is 0.0446. The van der Waals surface area contributed by atoms with Crippen molar-refractivity contribution in [3.05, 3.63) is 35.9 Å². The molecule has 0 saturated carbocycles. The summed E-state index contributed by atoms with van der Waals surface area (Å²) >= 11 is 0. The van der Waals surface area contributed by atoms with Gasteiger partial charge in [-0.25, -0.2) is 4.90 Å². The molecule has 1 aliphatic rings. The van der Waals surface area contributed by atoms with Gasteiger partial charge in [-0.15, -0.1) is 0 Å². The second-order valence-electron chi connectivity index (χ2n) is 7.11. The van der Waals surface area contributed by atoms with E-state index < -0.39 is 5.60 Å². The van der Waals surface area contributed by atoms with Crippen molar-refractivity contribution in [3.8, 4) is 5.75 Å². The van der Waals surface area contributed by atoms with E-state index in [9.17, 15) is 9.59 Å². The third-order valence-electron chi connectivity index (χ3n) is 4.41. The number of carbonyl (C=O) groups excluding carboxylic acids is 2. The van der Waals surface area contributed by atoms with Crippen LogP contribution >= 0.6 is 0 Å². The van der Waals surface area contributed by atoms with Crippen molar-refractivity contribution in [2.45, 2.75) is 53.1 Å². The van der Waals surface area contributed by atoms with Gasteiger partial charge in [-0.3, -0.25) is 9.59 Å². The Hall–Kier alpha value is -2.14. The molecule has 0 fully saturated rings. The van der Waals surface area contributed by atoms with E-state index in [2.05, 4.69) is 13.8 Å². The Morgan fingerprint density at radius 2 is 1.58 bits per heavy atom. The van der Waals surface area contributed by atoms with E-state index in [0.717, 1.165) is 10.5 Å². The summed E-state index contributed by atoms with van der Waals surface area (Å²) < 4.78 is 0. The Morgan fingerprint density at radius 3 is 2.08 bits per heavy atom. The third-order valence-corrected chi connectivity index (χ3v) is 4.41. The Morgan fingerprint density at radius 1 is 1.00 bits per heavy atom. The number of rotatable bonds is 6.